The molecule has 1 aliphatic rings. The highest BCUT2D eigenvalue weighted by atomic mass is 19.3. The van der Waals surface area contributed by atoms with E-state index in [1.807, 2.05) is 35.4 Å². The van der Waals surface area contributed by atoms with Gasteiger partial charge in [0.2, 0.25) is 0 Å². The van der Waals surface area contributed by atoms with Crippen LogP contribution in [-0.2, 0) is 16.2 Å². The Balaban J connectivity index is 1.72. The summed E-state index contributed by atoms with van der Waals surface area (Å²) in [4.78, 5) is 5.70. The van der Waals surface area contributed by atoms with Crippen molar-refractivity contribution in [1.82, 2.24) is 5.06 Å². The first kappa shape index (κ1) is 14.4. The van der Waals surface area contributed by atoms with Gasteiger partial charge in [0.05, 0.1) is 13.2 Å². The van der Waals surface area contributed by atoms with Crippen LogP contribution in [0.25, 0.3) is 0 Å². The van der Waals surface area contributed by atoms with Gasteiger partial charge in [0.1, 0.15) is 0 Å². The van der Waals surface area contributed by atoms with Crippen molar-refractivity contribution in [3.63, 3.8) is 0 Å². The molecule has 0 aromatic heterocycles. The Morgan fingerprint density at radius 3 is 2.79 bits per heavy atom. The Hall–Kier alpha value is -1.04. The number of nitrogens with zero attached hydrogens (tertiary/aromatic N) is 1. The molecule has 3 nitrogen and oxygen atoms in total. The fourth-order valence-electron chi connectivity index (χ4n) is 2.23. The minimum absolute atomic E-state index is 0.100. The first-order valence-corrected chi connectivity index (χ1v) is 6.55. The summed E-state index contributed by atoms with van der Waals surface area (Å²) >= 11 is 0. The van der Waals surface area contributed by atoms with E-state index < -0.39 is 6.61 Å². The highest BCUT2D eigenvalue weighted by Gasteiger charge is 2.21. The smallest absolute Gasteiger partial charge is 0.323 e. The zero-order valence-electron chi connectivity index (χ0n) is 10.8. The van der Waals surface area contributed by atoms with Crippen molar-refractivity contribution in [1.29, 1.82) is 0 Å². The van der Waals surface area contributed by atoms with Crippen molar-refractivity contribution >= 4 is 0 Å². The van der Waals surface area contributed by atoms with Gasteiger partial charge in [-0.05, 0) is 24.3 Å². The van der Waals surface area contributed by atoms with Gasteiger partial charge in [-0.1, -0.05) is 30.3 Å². The van der Waals surface area contributed by atoms with E-state index in [2.05, 4.69) is 4.74 Å². The van der Waals surface area contributed by atoms with Gasteiger partial charge in [0.25, 0.3) is 0 Å². The first-order valence-electron chi connectivity index (χ1n) is 6.55. The molecule has 1 saturated heterocycles. The molecule has 1 fully saturated rings. The molecule has 0 saturated carbocycles. The molecule has 106 valence electrons. The molecule has 0 N–H and O–H groups in total. The van der Waals surface area contributed by atoms with E-state index in [9.17, 15) is 8.78 Å². The van der Waals surface area contributed by atoms with Gasteiger partial charge in [-0.2, -0.15) is 13.8 Å². The highest BCUT2D eigenvalue weighted by Crippen LogP contribution is 2.18. The van der Waals surface area contributed by atoms with E-state index >= 15 is 0 Å². The number of hydrogen-bond acceptors (Lipinski definition) is 3. The fourth-order valence-corrected chi connectivity index (χ4v) is 2.23. The Morgan fingerprint density at radius 2 is 2.05 bits per heavy atom. The summed E-state index contributed by atoms with van der Waals surface area (Å²) in [5.74, 6) is 0.124. The van der Waals surface area contributed by atoms with Gasteiger partial charge >= 0.3 is 6.61 Å². The lowest BCUT2D eigenvalue weighted by Crippen LogP contribution is -2.37. The van der Waals surface area contributed by atoms with Gasteiger partial charge in [-0.3, -0.25) is 4.84 Å². The minimum atomic E-state index is -2.68. The largest absolute Gasteiger partial charge is 0.345 e. The predicted octanol–water partition coefficient (Wildman–Crippen LogP) is 3.07. The zero-order chi connectivity index (χ0) is 13.5. The second-order valence-electron chi connectivity index (χ2n) is 4.75. The van der Waals surface area contributed by atoms with E-state index in [0.717, 1.165) is 24.9 Å². The van der Waals surface area contributed by atoms with E-state index in [1.54, 1.807) is 0 Å². The quantitative estimate of drug-likeness (QED) is 0.793. The fraction of sp³-hybridized carbons (Fsp3) is 0.571. The molecule has 1 aliphatic heterocycles. The molecule has 1 atom stereocenters. The van der Waals surface area contributed by atoms with Crippen LogP contribution in [0.15, 0.2) is 30.3 Å². The zero-order valence-corrected chi connectivity index (χ0v) is 10.8. The lowest BCUT2D eigenvalue weighted by Gasteiger charge is -2.31. The SMILES string of the molecule is FC(F)OCC1CCCN(OCc2ccccc2)C1. The molecule has 0 bridgehead atoms. The van der Waals surface area contributed by atoms with Crippen LogP contribution in [0.5, 0.6) is 0 Å². The molecule has 1 aromatic rings. The standard InChI is InChI=1S/C14H19F2NO2/c15-14(16)18-10-13-7-4-8-17(9-13)19-11-12-5-2-1-3-6-12/h1-3,5-6,13-14H,4,7-11H2. The Kier molecular flexibility index (Phi) is 5.69. The second kappa shape index (κ2) is 7.53. The summed E-state index contributed by atoms with van der Waals surface area (Å²) in [6, 6.07) is 9.90. The number of hydrogen-bond donors (Lipinski definition) is 0. The van der Waals surface area contributed by atoms with Crippen LogP contribution in [-0.4, -0.2) is 31.4 Å². The van der Waals surface area contributed by atoms with E-state index in [1.165, 1.54) is 0 Å². The molecule has 0 aliphatic carbocycles. The van der Waals surface area contributed by atoms with Crippen molar-refractivity contribution in [2.75, 3.05) is 19.7 Å². The Bertz CT molecular complexity index is 362. The maximum atomic E-state index is 12.0. The summed E-state index contributed by atoms with van der Waals surface area (Å²) in [6.45, 7) is -0.565. The number of halogens is 2. The normalized spacial score (nSPS) is 20.9. The van der Waals surface area contributed by atoms with Crippen molar-refractivity contribution < 1.29 is 18.4 Å². The summed E-state index contributed by atoms with van der Waals surface area (Å²) in [7, 11) is 0. The molecule has 5 heteroatoms. The molecule has 0 radical (unpaired) electrons. The van der Waals surface area contributed by atoms with Crippen LogP contribution < -0.4 is 0 Å². The molecule has 1 unspecified atom stereocenters. The molecule has 1 aromatic carbocycles. The van der Waals surface area contributed by atoms with Gasteiger partial charge in [0.15, 0.2) is 0 Å². The van der Waals surface area contributed by atoms with Gasteiger partial charge in [-0.25, -0.2) is 0 Å². The van der Waals surface area contributed by atoms with Gasteiger partial charge < -0.3 is 4.74 Å². The number of benzene rings is 1. The van der Waals surface area contributed by atoms with Crippen LogP contribution >= 0.6 is 0 Å². The third kappa shape index (κ3) is 5.22. The molecule has 0 amide bonds. The molecule has 1 heterocycles. The summed E-state index contributed by atoms with van der Waals surface area (Å²) in [6.07, 6.45) is 1.87. The number of hydroxylamine groups is 2. The van der Waals surface area contributed by atoms with Crippen LogP contribution in [0.4, 0.5) is 8.78 Å². The van der Waals surface area contributed by atoms with Crippen molar-refractivity contribution in [3.05, 3.63) is 35.9 Å². The van der Waals surface area contributed by atoms with Crippen LogP contribution in [0.3, 0.4) is 0 Å². The highest BCUT2D eigenvalue weighted by molar-refractivity contribution is 5.13. The Morgan fingerprint density at radius 1 is 1.26 bits per heavy atom. The van der Waals surface area contributed by atoms with E-state index in [0.29, 0.717) is 13.2 Å². The predicted molar refractivity (Wildman–Crippen MR) is 67.5 cm³/mol. The van der Waals surface area contributed by atoms with Gasteiger partial charge in [-0.15, -0.1) is 0 Å². The molecule has 0 spiro atoms. The second-order valence-corrected chi connectivity index (χ2v) is 4.75. The van der Waals surface area contributed by atoms with Crippen molar-refractivity contribution in [2.45, 2.75) is 26.1 Å². The number of rotatable bonds is 6. The molecule has 19 heavy (non-hydrogen) atoms. The van der Waals surface area contributed by atoms with E-state index in [-0.39, 0.29) is 12.5 Å². The molecular formula is C14H19F2NO2. The molecule has 2 rings (SSSR count). The maximum absolute atomic E-state index is 12.0. The average molecular weight is 271 g/mol. The third-order valence-electron chi connectivity index (χ3n) is 3.20. The van der Waals surface area contributed by atoms with E-state index in [4.69, 9.17) is 4.84 Å². The lowest BCUT2D eigenvalue weighted by molar-refractivity contribution is -0.201. The van der Waals surface area contributed by atoms with Crippen LogP contribution in [0.2, 0.25) is 0 Å². The summed E-state index contributed by atoms with van der Waals surface area (Å²) < 4.78 is 28.4. The third-order valence-corrected chi connectivity index (χ3v) is 3.20. The number of piperidine rings is 1. The average Bonchev–Trinajstić information content (AvgIpc) is 2.44. The number of ether oxygens (including phenoxy) is 1. The van der Waals surface area contributed by atoms with Crippen LogP contribution in [0.1, 0.15) is 18.4 Å². The van der Waals surface area contributed by atoms with Crippen LogP contribution in [0, 0.1) is 5.92 Å². The summed E-state index contributed by atoms with van der Waals surface area (Å²) in [5.41, 5.74) is 1.11. The first-order chi connectivity index (χ1) is 9.24. The Labute approximate surface area is 112 Å². The van der Waals surface area contributed by atoms with Gasteiger partial charge in [0, 0.05) is 13.1 Å². The van der Waals surface area contributed by atoms with Crippen molar-refractivity contribution in [2.24, 2.45) is 5.92 Å². The molecular weight excluding hydrogens is 252 g/mol. The maximum Gasteiger partial charge on any atom is 0.345 e. The number of alkyl halides is 2. The monoisotopic (exact) mass is 271 g/mol. The topological polar surface area (TPSA) is 21.7 Å². The van der Waals surface area contributed by atoms with Crippen molar-refractivity contribution in [3.8, 4) is 0 Å². The lowest BCUT2D eigenvalue weighted by atomic mass is 10.0. The minimum Gasteiger partial charge on any atom is -0.323 e. The summed E-state index contributed by atoms with van der Waals surface area (Å²) in [5, 5.41) is 1.86.